The number of aromatic hydroxyl groups is 1. The maximum Gasteiger partial charge on any atom is 0.246 e. The third kappa shape index (κ3) is 6.29. The number of hydrogen-bond acceptors (Lipinski definition) is 8. The van der Waals surface area contributed by atoms with Crippen molar-refractivity contribution in [3.05, 3.63) is 53.8 Å². The van der Waals surface area contributed by atoms with E-state index in [0.29, 0.717) is 37.4 Å². The summed E-state index contributed by atoms with van der Waals surface area (Å²) < 4.78 is 53.4. The van der Waals surface area contributed by atoms with Gasteiger partial charge in [-0.05, 0) is 56.6 Å². The molecule has 2 aromatic carbocycles. The van der Waals surface area contributed by atoms with Crippen LogP contribution in [0.15, 0.2) is 47.4 Å². The number of ketones is 1. The zero-order valence-corrected chi connectivity index (χ0v) is 21.6. The van der Waals surface area contributed by atoms with E-state index in [4.69, 9.17) is 9.47 Å². The molecule has 9 nitrogen and oxygen atoms in total. The van der Waals surface area contributed by atoms with E-state index in [1.54, 1.807) is 13.0 Å². The number of carbonyl (C=O) groups is 1. The molecule has 11 heteroatoms. The Morgan fingerprint density at radius 3 is 2.81 bits per heavy atom. The van der Waals surface area contributed by atoms with Crippen LogP contribution in [0.4, 0.5) is 4.39 Å². The number of nitrogens with zero attached hydrogens (tertiary/aromatic N) is 2. The summed E-state index contributed by atoms with van der Waals surface area (Å²) in [5.74, 6) is -0.546. The zero-order chi connectivity index (χ0) is 26.6. The predicted molar refractivity (Wildman–Crippen MR) is 134 cm³/mol. The molecule has 2 atom stereocenters. The lowest BCUT2D eigenvalue weighted by molar-refractivity contribution is -0.0305. The van der Waals surface area contributed by atoms with Crippen molar-refractivity contribution in [1.29, 1.82) is 0 Å². The Hall–Kier alpha value is -2.57. The third-order valence-electron chi connectivity index (χ3n) is 6.72. The molecule has 2 heterocycles. The number of aliphatic hydroxyl groups excluding tert-OH is 1. The molecule has 0 aliphatic carbocycles. The number of Topliss-reactive ketones (excluding diaryl/α,β-unsaturated/α-hetero) is 1. The maximum atomic E-state index is 14.3. The smallest absolute Gasteiger partial charge is 0.246 e. The van der Waals surface area contributed by atoms with E-state index in [-0.39, 0.29) is 44.2 Å². The van der Waals surface area contributed by atoms with Gasteiger partial charge in [0, 0.05) is 32.8 Å². The number of fused-ring (bicyclic) bond motifs is 1. The van der Waals surface area contributed by atoms with Crippen LogP contribution in [0.2, 0.25) is 0 Å². The molecule has 1 spiro atoms. The van der Waals surface area contributed by atoms with Gasteiger partial charge in [-0.3, -0.25) is 9.69 Å². The number of carbonyl (C=O) groups excluding carboxylic acids is 1. The number of sulfonamides is 1. The summed E-state index contributed by atoms with van der Waals surface area (Å²) in [7, 11) is -4.21. The van der Waals surface area contributed by atoms with Crippen LogP contribution < -0.4 is 4.74 Å². The molecule has 0 amide bonds. The summed E-state index contributed by atoms with van der Waals surface area (Å²) >= 11 is 0. The van der Waals surface area contributed by atoms with Gasteiger partial charge in [-0.25, -0.2) is 12.8 Å². The van der Waals surface area contributed by atoms with E-state index in [1.807, 2.05) is 4.90 Å². The molecule has 2 aliphatic heterocycles. The van der Waals surface area contributed by atoms with Crippen molar-refractivity contribution >= 4 is 15.8 Å². The Balaban J connectivity index is 1.45. The van der Waals surface area contributed by atoms with Crippen LogP contribution in [0.5, 0.6) is 11.5 Å². The van der Waals surface area contributed by atoms with E-state index < -0.39 is 32.4 Å². The van der Waals surface area contributed by atoms with Crippen LogP contribution in [-0.4, -0.2) is 91.3 Å². The molecular weight excluding hydrogens is 503 g/mol. The Bertz CT molecular complexity index is 1230. The average molecular weight is 537 g/mol. The lowest BCUT2D eigenvalue weighted by atomic mass is 9.83. The van der Waals surface area contributed by atoms with Crippen molar-refractivity contribution in [2.45, 2.75) is 42.8 Å². The zero-order valence-electron chi connectivity index (χ0n) is 20.8. The van der Waals surface area contributed by atoms with E-state index in [1.165, 1.54) is 30.3 Å². The van der Waals surface area contributed by atoms with Gasteiger partial charge >= 0.3 is 0 Å². The molecule has 2 aliphatic rings. The highest BCUT2D eigenvalue weighted by atomic mass is 32.2. The summed E-state index contributed by atoms with van der Waals surface area (Å²) in [4.78, 5) is 14.3. The normalized spacial score (nSPS) is 21.1. The minimum atomic E-state index is -4.21. The fourth-order valence-electron chi connectivity index (χ4n) is 5.06. The fourth-order valence-corrected chi connectivity index (χ4v) is 6.59. The number of benzene rings is 2. The molecule has 0 bridgehead atoms. The number of phenolic OH excluding ortho intramolecular Hbond substituents is 1. The Morgan fingerprint density at radius 1 is 1.27 bits per heavy atom. The molecule has 4 rings (SSSR count). The number of phenols is 1. The highest BCUT2D eigenvalue weighted by molar-refractivity contribution is 7.89. The fraction of sp³-hybridized carbons (Fsp3) is 0.500. The van der Waals surface area contributed by atoms with Gasteiger partial charge in [-0.15, -0.1) is 0 Å². The minimum Gasteiger partial charge on any atom is -0.508 e. The Kier molecular flexibility index (Phi) is 8.49. The van der Waals surface area contributed by atoms with Gasteiger partial charge in [0.05, 0.1) is 24.7 Å². The van der Waals surface area contributed by atoms with Crippen LogP contribution in [0.1, 0.15) is 36.5 Å². The van der Waals surface area contributed by atoms with Crippen LogP contribution in [0.25, 0.3) is 0 Å². The van der Waals surface area contributed by atoms with Crippen molar-refractivity contribution < 1.29 is 37.3 Å². The monoisotopic (exact) mass is 536 g/mol. The number of aliphatic hydroxyl groups is 1. The molecule has 2 N–H and O–H groups in total. The Labute approximate surface area is 216 Å². The van der Waals surface area contributed by atoms with Crippen LogP contribution in [0, 0.1) is 5.82 Å². The number of rotatable bonds is 10. The quantitative estimate of drug-likeness (QED) is 0.445. The minimum absolute atomic E-state index is 0.000676. The summed E-state index contributed by atoms with van der Waals surface area (Å²) in [6.07, 6.45) is 0.475. The number of β-amino-alcohol motifs (C(OH)–C–C–N with tert-alkyl or cyclic N) is 1. The first-order valence-electron chi connectivity index (χ1n) is 12.4. The molecule has 1 unspecified atom stereocenters. The van der Waals surface area contributed by atoms with E-state index in [2.05, 4.69) is 0 Å². The van der Waals surface area contributed by atoms with Gasteiger partial charge in [0.15, 0.2) is 5.78 Å². The van der Waals surface area contributed by atoms with Crippen LogP contribution in [0.3, 0.4) is 0 Å². The van der Waals surface area contributed by atoms with Gasteiger partial charge in [0.2, 0.25) is 10.0 Å². The molecule has 202 valence electrons. The van der Waals surface area contributed by atoms with Gasteiger partial charge in [0.25, 0.3) is 0 Å². The van der Waals surface area contributed by atoms with Gasteiger partial charge in [-0.1, -0.05) is 12.1 Å². The second kappa shape index (κ2) is 11.4. The van der Waals surface area contributed by atoms with Gasteiger partial charge in [-0.2, -0.15) is 4.31 Å². The number of piperidine rings is 1. The molecule has 0 radical (unpaired) electrons. The SMILES string of the molecule is CCOCCN(C[C@@H](O)CN1CCCC2(CC(=O)c3cc(O)ccc3O2)C1)S(=O)(=O)c1ccccc1F. The number of ether oxygens (including phenoxy) is 2. The topological polar surface area (TPSA) is 117 Å². The standard InChI is InChI=1S/C26H33FN2O7S/c1-2-35-13-12-29(37(33,34)25-7-4-3-6-22(25)27)17-20(31)16-28-11-5-10-26(18-28)15-23(32)21-14-19(30)8-9-24(21)36-26/h3-4,6-9,14,20,30-31H,2,5,10-13,15-18H2,1H3/t20-,26?/m0/s1. The van der Waals surface area contributed by atoms with Gasteiger partial charge in [0.1, 0.15) is 27.8 Å². The lowest BCUT2D eigenvalue weighted by Crippen LogP contribution is -2.56. The molecule has 2 aromatic rings. The van der Waals surface area contributed by atoms with E-state index in [9.17, 15) is 27.8 Å². The van der Waals surface area contributed by atoms with E-state index in [0.717, 1.165) is 16.8 Å². The Morgan fingerprint density at radius 2 is 2.05 bits per heavy atom. The first kappa shape index (κ1) is 27.5. The summed E-state index contributed by atoms with van der Waals surface area (Å²) in [5, 5.41) is 20.6. The number of halogens is 1. The van der Waals surface area contributed by atoms with Crippen molar-refractivity contribution in [3.8, 4) is 11.5 Å². The molecule has 0 aromatic heterocycles. The van der Waals surface area contributed by atoms with Crippen LogP contribution >= 0.6 is 0 Å². The summed E-state index contributed by atoms with van der Waals surface area (Å²) in [6.45, 7) is 3.20. The highest BCUT2D eigenvalue weighted by Gasteiger charge is 2.44. The van der Waals surface area contributed by atoms with Crippen molar-refractivity contribution in [2.24, 2.45) is 0 Å². The second-order valence-corrected chi connectivity index (χ2v) is 11.5. The lowest BCUT2D eigenvalue weighted by Gasteiger charge is -2.45. The first-order valence-corrected chi connectivity index (χ1v) is 13.9. The van der Waals surface area contributed by atoms with Crippen molar-refractivity contribution in [2.75, 3.05) is 45.9 Å². The first-order chi connectivity index (χ1) is 17.6. The highest BCUT2D eigenvalue weighted by Crippen LogP contribution is 2.39. The van der Waals surface area contributed by atoms with Crippen molar-refractivity contribution in [3.63, 3.8) is 0 Å². The van der Waals surface area contributed by atoms with E-state index >= 15 is 0 Å². The number of hydrogen-bond donors (Lipinski definition) is 2. The van der Waals surface area contributed by atoms with Crippen molar-refractivity contribution in [1.82, 2.24) is 9.21 Å². The average Bonchev–Trinajstić information content (AvgIpc) is 2.84. The molecule has 1 fully saturated rings. The molecular formula is C26H33FN2O7S. The molecule has 37 heavy (non-hydrogen) atoms. The summed E-state index contributed by atoms with van der Waals surface area (Å²) in [5.41, 5.74) is -0.404. The van der Waals surface area contributed by atoms with Gasteiger partial charge < -0.3 is 19.7 Å². The third-order valence-corrected chi connectivity index (χ3v) is 8.62. The molecule has 0 saturated carbocycles. The summed E-state index contributed by atoms with van der Waals surface area (Å²) in [6, 6.07) is 9.62. The van der Waals surface area contributed by atoms with Crippen LogP contribution in [-0.2, 0) is 14.8 Å². The predicted octanol–water partition coefficient (Wildman–Crippen LogP) is 2.42. The molecule has 1 saturated heterocycles. The largest absolute Gasteiger partial charge is 0.508 e. The number of likely N-dealkylation sites (tertiary alicyclic amines) is 1. The maximum absolute atomic E-state index is 14.3. The second-order valence-electron chi connectivity index (χ2n) is 9.55.